The fraction of sp³-hybridized carbons (Fsp3) is 0.286. The second-order valence-electron chi connectivity index (χ2n) is 7.36. The lowest BCUT2D eigenvalue weighted by Gasteiger charge is -2.18. The summed E-state index contributed by atoms with van der Waals surface area (Å²) in [6.45, 7) is 2.03. The molecular formula is C21H22ClF3N5O2S+. The first kappa shape index (κ1) is 24.9. The van der Waals surface area contributed by atoms with Crippen LogP contribution in [0.3, 0.4) is 0 Å². The number of rotatable bonds is 8. The van der Waals surface area contributed by atoms with Crippen LogP contribution >= 0.6 is 23.4 Å². The van der Waals surface area contributed by atoms with E-state index in [0.717, 1.165) is 28.5 Å². The van der Waals surface area contributed by atoms with E-state index >= 15 is 0 Å². The summed E-state index contributed by atoms with van der Waals surface area (Å²) in [7, 11) is 4.02. The molecule has 0 fully saturated rings. The molecule has 3 rings (SSSR count). The summed E-state index contributed by atoms with van der Waals surface area (Å²) in [5.41, 5.74) is 1.16. The van der Waals surface area contributed by atoms with E-state index < -0.39 is 6.36 Å². The number of quaternary nitrogens is 1. The maximum Gasteiger partial charge on any atom is 0.573 e. The number of nitrogens with one attached hydrogen (secondary N) is 2. The second-order valence-corrected chi connectivity index (χ2v) is 8.74. The predicted octanol–water partition coefficient (Wildman–Crippen LogP) is 3.76. The van der Waals surface area contributed by atoms with Gasteiger partial charge >= 0.3 is 6.36 Å². The Hall–Kier alpha value is -2.76. The maximum atomic E-state index is 12.4. The van der Waals surface area contributed by atoms with Crippen molar-refractivity contribution in [3.8, 4) is 11.4 Å². The van der Waals surface area contributed by atoms with E-state index in [9.17, 15) is 18.0 Å². The van der Waals surface area contributed by atoms with Crippen molar-refractivity contribution in [2.75, 3.05) is 25.2 Å². The number of thioether (sulfide) groups is 1. The number of aromatic nitrogens is 3. The molecule has 0 aliphatic carbocycles. The number of ether oxygens (including phenoxy) is 1. The molecule has 2 aromatic carbocycles. The molecule has 0 radical (unpaired) electrons. The average molecular weight is 501 g/mol. The van der Waals surface area contributed by atoms with Crippen molar-refractivity contribution >= 4 is 35.0 Å². The molecule has 12 heteroatoms. The van der Waals surface area contributed by atoms with Gasteiger partial charge in [-0.15, -0.1) is 23.4 Å². The van der Waals surface area contributed by atoms with Crippen molar-refractivity contribution in [2.24, 2.45) is 0 Å². The first-order valence-corrected chi connectivity index (χ1v) is 11.2. The molecule has 7 nitrogen and oxygen atoms in total. The molecule has 0 aliphatic heterocycles. The third kappa shape index (κ3) is 6.86. The third-order valence-corrected chi connectivity index (χ3v) is 5.88. The zero-order valence-electron chi connectivity index (χ0n) is 18.0. The number of nitrogens with zero attached hydrogens (tertiary/aromatic N) is 3. The molecule has 0 unspecified atom stereocenters. The number of carbonyl (C=O) groups is 1. The summed E-state index contributed by atoms with van der Waals surface area (Å²) in [5.74, 6) is 0.0505. The zero-order valence-corrected chi connectivity index (χ0v) is 19.6. The van der Waals surface area contributed by atoms with Crippen LogP contribution in [-0.4, -0.2) is 46.9 Å². The maximum absolute atomic E-state index is 12.4. The van der Waals surface area contributed by atoms with Gasteiger partial charge < -0.3 is 15.0 Å². The van der Waals surface area contributed by atoms with E-state index in [0.29, 0.717) is 15.9 Å². The van der Waals surface area contributed by atoms with Crippen LogP contribution < -0.4 is 15.0 Å². The van der Waals surface area contributed by atoms with Gasteiger partial charge in [0, 0.05) is 16.4 Å². The van der Waals surface area contributed by atoms with Gasteiger partial charge in [0.15, 0.2) is 11.0 Å². The third-order valence-electron chi connectivity index (χ3n) is 4.70. The molecule has 0 saturated carbocycles. The minimum absolute atomic E-state index is 0.0235. The van der Waals surface area contributed by atoms with Gasteiger partial charge in [0.1, 0.15) is 11.8 Å². The number of halogens is 4. The predicted molar refractivity (Wildman–Crippen MR) is 120 cm³/mol. The molecule has 1 aromatic heterocycles. The van der Waals surface area contributed by atoms with Gasteiger partial charge in [-0.2, -0.15) is 0 Å². The van der Waals surface area contributed by atoms with Crippen molar-refractivity contribution in [1.82, 2.24) is 14.8 Å². The lowest BCUT2D eigenvalue weighted by atomic mass is 10.2. The van der Waals surface area contributed by atoms with E-state index in [1.165, 1.54) is 23.9 Å². The average Bonchev–Trinajstić information content (AvgIpc) is 3.16. The number of alkyl halides is 3. The Balaban J connectivity index is 1.71. The summed E-state index contributed by atoms with van der Waals surface area (Å²) >= 11 is 7.22. The standard InChI is InChI=1S/C21H21ClF3N5O2S/c1-13(29(2)3)19-27-28-20(30(19)16-8-4-14(22)5-9-16)33-12-18(31)26-15-6-10-17(11-7-15)32-21(23,24)25/h4-11,13H,12H2,1-3H3,(H,26,31)/p+1/t13-/m0/s1. The Bertz CT molecular complexity index is 1090. The van der Waals surface area contributed by atoms with Crippen molar-refractivity contribution in [2.45, 2.75) is 24.5 Å². The molecule has 3 aromatic rings. The lowest BCUT2D eigenvalue weighted by molar-refractivity contribution is -0.890. The van der Waals surface area contributed by atoms with Crippen molar-refractivity contribution in [3.05, 3.63) is 59.4 Å². The highest BCUT2D eigenvalue weighted by molar-refractivity contribution is 7.99. The Morgan fingerprint density at radius 3 is 2.36 bits per heavy atom. The van der Waals surface area contributed by atoms with Gasteiger partial charge in [0.25, 0.3) is 0 Å². The lowest BCUT2D eigenvalue weighted by Crippen LogP contribution is -3.05. The van der Waals surface area contributed by atoms with Crippen LogP contribution in [0, 0.1) is 0 Å². The molecule has 1 amide bonds. The minimum atomic E-state index is -4.77. The fourth-order valence-electron chi connectivity index (χ4n) is 2.81. The summed E-state index contributed by atoms with van der Waals surface area (Å²) in [5, 5.41) is 12.4. The number of benzene rings is 2. The Labute approximate surface area is 197 Å². The van der Waals surface area contributed by atoms with Crippen molar-refractivity contribution in [1.29, 1.82) is 0 Å². The van der Waals surface area contributed by atoms with Gasteiger partial charge in [-0.1, -0.05) is 23.4 Å². The van der Waals surface area contributed by atoms with Gasteiger partial charge in [0.2, 0.25) is 5.91 Å². The zero-order chi connectivity index (χ0) is 24.2. The quantitative estimate of drug-likeness (QED) is 0.461. The van der Waals surface area contributed by atoms with Crippen molar-refractivity contribution < 1.29 is 27.6 Å². The van der Waals surface area contributed by atoms with E-state index in [4.69, 9.17) is 11.6 Å². The Morgan fingerprint density at radius 1 is 1.15 bits per heavy atom. The van der Waals surface area contributed by atoms with Crippen LogP contribution in [0.2, 0.25) is 5.02 Å². The molecule has 33 heavy (non-hydrogen) atoms. The Morgan fingerprint density at radius 2 is 1.79 bits per heavy atom. The molecule has 176 valence electrons. The van der Waals surface area contributed by atoms with Crippen LogP contribution in [0.4, 0.5) is 18.9 Å². The Kier molecular flexibility index (Phi) is 7.88. The molecule has 2 N–H and O–H groups in total. The summed E-state index contributed by atoms with van der Waals surface area (Å²) in [6, 6.07) is 12.2. The van der Waals surface area contributed by atoms with Crippen LogP contribution in [0.5, 0.6) is 5.75 Å². The van der Waals surface area contributed by atoms with Gasteiger partial charge in [-0.05, 0) is 55.5 Å². The summed E-state index contributed by atoms with van der Waals surface area (Å²) < 4.78 is 42.5. The summed E-state index contributed by atoms with van der Waals surface area (Å²) in [6.07, 6.45) is -4.77. The SMILES string of the molecule is C[C@@H](c1nnc(SCC(=O)Nc2ccc(OC(F)(F)F)cc2)n1-c1ccc(Cl)cc1)[NH+](C)C. The molecule has 0 saturated heterocycles. The first-order chi connectivity index (χ1) is 15.5. The first-order valence-electron chi connectivity index (χ1n) is 9.83. The molecule has 1 atom stereocenters. The van der Waals surface area contributed by atoms with Crippen LogP contribution in [0.25, 0.3) is 5.69 Å². The molecular weight excluding hydrogens is 479 g/mol. The topological polar surface area (TPSA) is 73.5 Å². The van der Waals surface area contributed by atoms with Crippen LogP contribution in [0.15, 0.2) is 53.7 Å². The molecule has 0 bridgehead atoms. The van der Waals surface area contributed by atoms with E-state index in [-0.39, 0.29) is 23.5 Å². The minimum Gasteiger partial charge on any atom is -0.406 e. The smallest absolute Gasteiger partial charge is 0.406 e. The van der Waals surface area contributed by atoms with E-state index in [1.807, 2.05) is 37.7 Å². The number of anilines is 1. The normalized spacial score (nSPS) is 12.6. The largest absolute Gasteiger partial charge is 0.573 e. The van der Waals surface area contributed by atoms with Crippen molar-refractivity contribution in [3.63, 3.8) is 0 Å². The van der Waals surface area contributed by atoms with Gasteiger partial charge in [0.05, 0.1) is 19.8 Å². The number of carbonyl (C=O) groups excluding carboxylic acids is 1. The van der Waals surface area contributed by atoms with E-state index in [2.05, 4.69) is 20.3 Å². The van der Waals surface area contributed by atoms with Gasteiger partial charge in [-0.25, -0.2) is 0 Å². The molecule has 0 spiro atoms. The number of amides is 1. The van der Waals surface area contributed by atoms with Gasteiger partial charge in [-0.3, -0.25) is 9.36 Å². The highest BCUT2D eigenvalue weighted by Gasteiger charge is 2.31. The highest BCUT2D eigenvalue weighted by atomic mass is 35.5. The van der Waals surface area contributed by atoms with Crippen LogP contribution in [-0.2, 0) is 4.79 Å². The summed E-state index contributed by atoms with van der Waals surface area (Å²) in [4.78, 5) is 13.6. The number of hydrogen-bond acceptors (Lipinski definition) is 5. The number of hydrogen-bond donors (Lipinski definition) is 2. The monoisotopic (exact) mass is 500 g/mol. The molecule has 0 aliphatic rings. The molecule has 1 heterocycles. The second kappa shape index (κ2) is 10.4. The van der Waals surface area contributed by atoms with Crippen LogP contribution in [0.1, 0.15) is 18.8 Å². The van der Waals surface area contributed by atoms with E-state index in [1.54, 1.807) is 12.1 Å². The highest BCUT2D eigenvalue weighted by Crippen LogP contribution is 2.26. The fourth-order valence-corrected chi connectivity index (χ4v) is 3.70.